The van der Waals surface area contributed by atoms with E-state index in [4.69, 9.17) is 10.00 Å². The largest absolute Gasteiger partial charge is 0.452 e. The smallest absolute Gasteiger partial charge is 0.338 e. The average Bonchev–Trinajstić information content (AvgIpc) is 2.68. The summed E-state index contributed by atoms with van der Waals surface area (Å²) in [5.74, 6) is -0.935. The van der Waals surface area contributed by atoms with Crippen LogP contribution in [0.1, 0.15) is 35.3 Å². The first-order valence-electron chi connectivity index (χ1n) is 8.17. The number of nitrogens with zero attached hydrogens (tertiary/aromatic N) is 1. The Morgan fingerprint density at radius 3 is 2.28 bits per heavy atom. The van der Waals surface area contributed by atoms with Crippen LogP contribution in [0.25, 0.3) is 0 Å². The zero-order chi connectivity index (χ0) is 18.5. The zero-order valence-corrected chi connectivity index (χ0v) is 14.5. The fourth-order valence-electron chi connectivity index (χ4n) is 1.94. The Balaban J connectivity index is 0.00000151. The van der Waals surface area contributed by atoms with E-state index in [0.717, 1.165) is 12.0 Å². The van der Waals surface area contributed by atoms with Gasteiger partial charge in [-0.25, -0.2) is 4.79 Å². The number of ether oxygens (including phenoxy) is 1. The number of rotatable bonds is 6. The Bertz CT molecular complexity index is 704. The number of benzene rings is 2. The molecular formula is C20H22N2O3. The van der Waals surface area contributed by atoms with E-state index in [0.29, 0.717) is 17.7 Å². The first-order chi connectivity index (χ1) is 12.2. The first-order valence-corrected chi connectivity index (χ1v) is 8.17. The minimum atomic E-state index is -0.590. The molecule has 1 amide bonds. The second-order valence-corrected chi connectivity index (χ2v) is 4.85. The first kappa shape index (κ1) is 19.9. The Kier molecular flexibility index (Phi) is 9.09. The summed E-state index contributed by atoms with van der Waals surface area (Å²) in [5, 5.41) is 11.4. The van der Waals surface area contributed by atoms with Gasteiger partial charge in [0.15, 0.2) is 6.61 Å². The predicted molar refractivity (Wildman–Crippen MR) is 95.9 cm³/mol. The maximum absolute atomic E-state index is 11.8. The van der Waals surface area contributed by atoms with Crippen molar-refractivity contribution >= 4 is 11.9 Å². The maximum atomic E-state index is 11.8. The van der Waals surface area contributed by atoms with E-state index >= 15 is 0 Å². The second-order valence-electron chi connectivity index (χ2n) is 4.85. The maximum Gasteiger partial charge on any atom is 0.338 e. The molecule has 0 spiro atoms. The normalized spacial score (nSPS) is 9.16. The van der Waals surface area contributed by atoms with E-state index < -0.39 is 5.97 Å². The summed E-state index contributed by atoms with van der Waals surface area (Å²) in [7, 11) is 0. The molecule has 0 aromatic heterocycles. The number of carbonyl (C=O) groups excluding carboxylic acids is 2. The van der Waals surface area contributed by atoms with Gasteiger partial charge in [-0.3, -0.25) is 4.79 Å². The van der Waals surface area contributed by atoms with Gasteiger partial charge in [0.2, 0.25) is 0 Å². The number of amides is 1. The molecule has 1 N–H and O–H groups in total. The molecule has 130 valence electrons. The minimum Gasteiger partial charge on any atom is -0.452 e. The monoisotopic (exact) mass is 338 g/mol. The van der Waals surface area contributed by atoms with Crippen molar-refractivity contribution in [2.45, 2.75) is 20.3 Å². The van der Waals surface area contributed by atoms with Crippen LogP contribution in [0.2, 0.25) is 0 Å². The van der Waals surface area contributed by atoms with Crippen LogP contribution in [0.3, 0.4) is 0 Å². The molecule has 2 aromatic rings. The van der Waals surface area contributed by atoms with E-state index in [9.17, 15) is 9.59 Å². The van der Waals surface area contributed by atoms with Crippen LogP contribution in [0.15, 0.2) is 54.6 Å². The number of nitriles is 1. The van der Waals surface area contributed by atoms with Crippen molar-refractivity contribution in [2.24, 2.45) is 0 Å². The number of esters is 1. The third kappa shape index (κ3) is 7.32. The van der Waals surface area contributed by atoms with Crippen molar-refractivity contribution in [3.05, 3.63) is 71.3 Å². The molecule has 0 heterocycles. The van der Waals surface area contributed by atoms with Crippen LogP contribution >= 0.6 is 0 Å². The molecule has 0 atom stereocenters. The van der Waals surface area contributed by atoms with Gasteiger partial charge in [0.05, 0.1) is 17.2 Å². The van der Waals surface area contributed by atoms with Gasteiger partial charge < -0.3 is 10.1 Å². The highest BCUT2D eigenvalue weighted by atomic mass is 16.5. The number of hydrogen-bond donors (Lipinski definition) is 1. The lowest BCUT2D eigenvalue weighted by molar-refractivity contribution is -0.124. The van der Waals surface area contributed by atoms with Gasteiger partial charge in [-0.1, -0.05) is 44.2 Å². The highest BCUT2D eigenvalue weighted by Gasteiger charge is 2.09. The molecule has 0 bridgehead atoms. The zero-order valence-electron chi connectivity index (χ0n) is 14.5. The van der Waals surface area contributed by atoms with E-state index in [-0.39, 0.29) is 12.5 Å². The molecule has 0 aliphatic heterocycles. The number of carbonyl (C=O) groups is 2. The minimum absolute atomic E-state index is 0.307. The molecule has 0 saturated carbocycles. The molecule has 0 unspecified atom stereocenters. The lowest BCUT2D eigenvalue weighted by Gasteiger charge is -2.07. The second kappa shape index (κ2) is 11.4. The quantitative estimate of drug-likeness (QED) is 0.821. The Hall–Kier alpha value is -3.13. The number of hydrogen-bond acceptors (Lipinski definition) is 4. The predicted octanol–water partition coefficient (Wildman–Crippen LogP) is 3.10. The van der Waals surface area contributed by atoms with Crippen molar-refractivity contribution in [3.63, 3.8) is 0 Å². The van der Waals surface area contributed by atoms with Crippen LogP contribution in [0.4, 0.5) is 0 Å². The van der Waals surface area contributed by atoms with Gasteiger partial charge in [-0.2, -0.15) is 5.26 Å². The van der Waals surface area contributed by atoms with Gasteiger partial charge in [-0.05, 0) is 36.2 Å². The van der Waals surface area contributed by atoms with Crippen molar-refractivity contribution in [1.82, 2.24) is 5.32 Å². The molecular weight excluding hydrogens is 316 g/mol. The van der Waals surface area contributed by atoms with Crippen LogP contribution in [-0.4, -0.2) is 25.0 Å². The molecule has 25 heavy (non-hydrogen) atoms. The molecule has 2 aromatic carbocycles. The molecule has 0 radical (unpaired) electrons. The lowest BCUT2D eigenvalue weighted by atomic mass is 10.1. The van der Waals surface area contributed by atoms with Crippen LogP contribution < -0.4 is 5.32 Å². The highest BCUT2D eigenvalue weighted by molar-refractivity contribution is 5.91. The topological polar surface area (TPSA) is 79.2 Å². The van der Waals surface area contributed by atoms with Gasteiger partial charge in [0.25, 0.3) is 5.91 Å². The molecule has 0 saturated heterocycles. The summed E-state index contributed by atoms with van der Waals surface area (Å²) in [4.78, 5) is 23.4. The van der Waals surface area contributed by atoms with Crippen LogP contribution in [-0.2, 0) is 16.0 Å². The van der Waals surface area contributed by atoms with Gasteiger partial charge >= 0.3 is 5.97 Å². The van der Waals surface area contributed by atoms with E-state index in [1.807, 2.05) is 50.2 Å². The van der Waals surface area contributed by atoms with Crippen LogP contribution in [0.5, 0.6) is 0 Å². The fraction of sp³-hybridized carbons (Fsp3) is 0.250. The van der Waals surface area contributed by atoms with Gasteiger partial charge in [0, 0.05) is 6.54 Å². The van der Waals surface area contributed by atoms with Crippen molar-refractivity contribution < 1.29 is 14.3 Å². The lowest BCUT2D eigenvalue weighted by Crippen LogP contribution is -2.30. The summed E-state index contributed by atoms with van der Waals surface area (Å²) in [5.41, 5.74) is 1.89. The Morgan fingerprint density at radius 1 is 1.04 bits per heavy atom. The number of nitrogens with one attached hydrogen (secondary N) is 1. The molecule has 5 heteroatoms. The summed E-state index contributed by atoms with van der Waals surface area (Å²) in [6.45, 7) is 4.16. The van der Waals surface area contributed by atoms with E-state index in [1.165, 1.54) is 24.3 Å². The third-order valence-corrected chi connectivity index (χ3v) is 3.16. The van der Waals surface area contributed by atoms with Gasteiger partial charge in [-0.15, -0.1) is 0 Å². The van der Waals surface area contributed by atoms with Crippen molar-refractivity contribution in [1.29, 1.82) is 5.26 Å². The summed E-state index contributed by atoms with van der Waals surface area (Å²) in [6.07, 6.45) is 0.718. The molecule has 0 aliphatic rings. The van der Waals surface area contributed by atoms with Crippen molar-refractivity contribution in [2.75, 3.05) is 13.2 Å². The molecule has 2 rings (SSSR count). The van der Waals surface area contributed by atoms with E-state index in [1.54, 1.807) is 0 Å². The molecule has 0 fully saturated rings. The highest BCUT2D eigenvalue weighted by Crippen LogP contribution is 2.05. The summed E-state index contributed by atoms with van der Waals surface area (Å²) in [6, 6.07) is 17.8. The molecule has 5 nitrogen and oxygen atoms in total. The fourth-order valence-corrected chi connectivity index (χ4v) is 1.94. The standard InChI is InChI=1S/C18H16N2O3.C2H6/c19-12-15-6-8-16(9-7-15)18(22)23-13-17(21)20-11-10-14-4-2-1-3-5-14;1-2/h1-9H,10-11,13H2,(H,20,21);1-2H3. The van der Waals surface area contributed by atoms with Crippen molar-refractivity contribution in [3.8, 4) is 6.07 Å². The Morgan fingerprint density at radius 2 is 1.68 bits per heavy atom. The SMILES string of the molecule is CC.N#Cc1ccc(C(=O)OCC(=O)NCCc2ccccc2)cc1. The van der Waals surface area contributed by atoms with Gasteiger partial charge in [0.1, 0.15) is 0 Å². The summed E-state index contributed by atoms with van der Waals surface area (Å²) >= 11 is 0. The molecule has 0 aliphatic carbocycles. The Labute approximate surface area is 148 Å². The average molecular weight is 338 g/mol. The third-order valence-electron chi connectivity index (χ3n) is 3.16. The van der Waals surface area contributed by atoms with E-state index in [2.05, 4.69) is 5.32 Å². The van der Waals surface area contributed by atoms with Crippen LogP contribution in [0, 0.1) is 11.3 Å². The summed E-state index contributed by atoms with van der Waals surface area (Å²) < 4.78 is 4.93.